The molecule has 0 fully saturated rings. The van der Waals surface area contributed by atoms with Gasteiger partial charge in [0.2, 0.25) is 10.0 Å². The molecule has 1 aliphatic rings. The van der Waals surface area contributed by atoms with Gasteiger partial charge in [0.15, 0.2) is 0 Å². The monoisotopic (exact) mass is 366 g/mol. The fraction of sp³-hybridized carbons (Fsp3) is 0.400. The molecule has 2 rings (SSSR count). The molecule has 126 valence electrons. The molecule has 0 bridgehead atoms. The Hall–Kier alpha value is -1.60. The van der Waals surface area contributed by atoms with Crippen LogP contribution in [0, 0.1) is 5.82 Å². The fourth-order valence-electron chi connectivity index (χ4n) is 1.85. The van der Waals surface area contributed by atoms with Gasteiger partial charge in [0.05, 0.1) is 24.3 Å². The number of benzene rings is 1. The summed E-state index contributed by atoms with van der Waals surface area (Å²) >= 11 is 5.80. The number of carbonyl (C=O) groups is 1. The van der Waals surface area contributed by atoms with Gasteiger partial charge in [-0.25, -0.2) is 17.6 Å². The minimum absolute atomic E-state index is 0.157. The first-order valence-corrected chi connectivity index (χ1v) is 8.50. The summed E-state index contributed by atoms with van der Waals surface area (Å²) in [6, 6.07) is 2.06. The van der Waals surface area contributed by atoms with Crippen molar-refractivity contribution in [3.05, 3.63) is 40.7 Å². The molecule has 23 heavy (non-hydrogen) atoms. The predicted molar refractivity (Wildman–Crippen MR) is 86.3 cm³/mol. The lowest BCUT2D eigenvalue weighted by Crippen LogP contribution is -2.34. The Morgan fingerprint density at radius 3 is 3.00 bits per heavy atom. The second kappa shape index (κ2) is 7.31. The summed E-state index contributed by atoms with van der Waals surface area (Å²) in [5, 5.41) is -2.72. The molecule has 1 aliphatic carbocycles. The Morgan fingerprint density at radius 1 is 1.61 bits per heavy atom. The van der Waals surface area contributed by atoms with Crippen LogP contribution >= 0.6 is 11.6 Å². The van der Waals surface area contributed by atoms with E-state index in [0.717, 1.165) is 18.2 Å². The first-order chi connectivity index (χ1) is 12.7. The molecule has 0 aliphatic heterocycles. The highest BCUT2D eigenvalue weighted by atomic mass is 35.5. The third kappa shape index (κ3) is 4.23. The summed E-state index contributed by atoms with van der Waals surface area (Å²) in [5.74, 6) is -1.97. The van der Waals surface area contributed by atoms with Gasteiger partial charge in [0.1, 0.15) is 11.1 Å². The second-order valence-corrected chi connectivity index (χ2v) is 6.63. The minimum Gasteiger partial charge on any atom is -0.463 e. The summed E-state index contributed by atoms with van der Waals surface area (Å²) in [7, 11) is -4.85. The van der Waals surface area contributed by atoms with E-state index in [0.29, 0.717) is 0 Å². The van der Waals surface area contributed by atoms with Crippen molar-refractivity contribution in [3.63, 3.8) is 0 Å². The average molecular weight is 367 g/mol. The van der Waals surface area contributed by atoms with Crippen molar-refractivity contribution in [1.82, 2.24) is 0 Å². The third-order valence-electron chi connectivity index (χ3n) is 2.85. The standard InChI is InChI=1S/C15H17ClFNO4S/c1-2-22-15(19)11-5-3-4-6-14(11)23(20,21)18-13-8-7-10(17)9-12(13)16/h5,7-9,14,18H,2-4,6H2,1H3/i4D2,5D,6D2. The van der Waals surface area contributed by atoms with Gasteiger partial charge in [-0.2, -0.15) is 0 Å². The summed E-state index contributed by atoms with van der Waals surface area (Å²) in [6.07, 6.45) is -6.65. The maximum absolute atomic E-state index is 13.2. The molecule has 0 saturated carbocycles. The highest BCUT2D eigenvalue weighted by Gasteiger charge is 2.35. The topological polar surface area (TPSA) is 72.5 Å². The molecule has 0 amide bonds. The Labute approximate surface area is 146 Å². The number of carbonyl (C=O) groups excluding carboxylic acids is 1. The van der Waals surface area contributed by atoms with Gasteiger partial charge >= 0.3 is 5.97 Å². The molecule has 5 nitrogen and oxygen atoms in total. The number of allylic oxidation sites excluding steroid dienone is 1. The molecule has 0 heterocycles. The average Bonchev–Trinajstić information content (AvgIpc) is 2.53. The number of hydrogen-bond acceptors (Lipinski definition) is 4. The number of sulfonamides is 1. The molecule has 0 spiro atoms. The summed E-state index contributed by atoms with van der Waals surface area (Å²) in [5.41, 5.74) is -1.09. The van der Waals surface area contributed by atoms with E-state index in [2.05, 4.69) is 0 Å². The number of halogens is 2. The fourth-order valence-corrected chi connectivity index (χ4v) is 3.45. The maximum Gasteiger partial charge on any atom is 0.335 e. The van der Waals surface area contributed by atoms with Crippen LogP contribution in [-0.2, 0) is 19.6 Å². The molecule has 1 N–H and O–H groups in total. The molecule has 1 unspecified atom stereocenters. The number of nitrogens with one attached hydrogen (secondary N) is 1. The molecular weight excluding hydrogens is 345 g/mol. The zero-order chi connectivity index (χ0) is 21.5. The Balaban J connectivity index is 2.63. The van der Waals surface area contributed by atoms with E-state index in [1.165, 1.54) is 6.92 Å². The van der Waals surface area contributed by atoms with E-state index in [1.54, 1.807) is 0 Å². The first kappa shape index (κ1) is 11.9. The first-order valence-electron chi connectivity index (χ1n) is 9.08. The molecule has 1 aromatic rings. The van der Waals surface area contributed by atoms with Crippen molar-refractivity contribution in [3.8, 4) is 0 Å². The van der Waals surface area contributed by atoms with Gasteiger partial charge in [0, 0.05) is 5.48 Å². The SMILES string of the molecule is [2H]C1=C(C(=O)OCC)C(S(=O)(=O)Nc2ccc(F)cc2Cl)C([2H])([2H])C([2H])([2H])C1. The second-order valence-electron chi connectivity index (χ2n) is 4.46. The van der Waals surface area contributed by atoms with E-state index in [4.69, 9.17) is 23.2 Å². The summed E-state index contributed by atoms with van der Waals surface area (Å²) in [6.45, 7) is 1.29. The Bertz CT molecular complexity index is 938. The van der Waals surface area contributed by atoms with Crippen molar-refractivity contribution in [1.29, 1.82) is 0 Å². The van der Waals surface area contributed by atoms with E-state index < -0.39 is 57.9 Å². The van der Waals surface area contributed by atoms with Crippen molar-refractivity contribution < 1.29 is 29.2 Å². The number of hydrogen-bond donors (Lipinski definition) is 1. The molecule has 1 atom stereocenters. The van der Waals surface area contributed by atoms with Crippen LogP contribution in [0.3, 0.4) is 0 Å². The smallest absolute Gasteiger partial charge is 0.335 e. The zero-order valence-corrected chi connectivity index (χ0v) is 13.6. The van der Waals surface area contributed by atoms with Gasteiger partial charge in [-0.05, 0) is 44.3 Å². The van der Waals surface area contributed by atoms with Crippen molar-refractivity contribution >= 4 is 33.3 Å². The van der Waals surface area contributed by atoms with Crippen LogP contribution in [0.2, 0.25) is 5.02 Å². The van der Waals surface area contributed by atoms with Crippen molar-refractivity contribution in [2.45, 2.75) is 31.3 Å². The lowest BCUT2D eigenvalue weighted by molar-refractivity contribution is -0.138. The van der Waals surface area contributed by atoms with E-state index >= 15 is 0 Å². The van der Waals surface area contributed by atoms with Crippen LogP contribution in [0.5, 0.6) is 0 Å². The molecular formula is C15H17ClFNO4S. The van der Waals surface area contributed by atoms with E-state index in [9.17, 15) is 17.6 Å². The van der Waals surface area contributed by atoms with Crippen LogP contribution in [0.25, 0.3) is 0 Å². The van der Waals surface area contributed by atoms with Gasteiger partial charge in [-0.1, -0.05) is 17.7 Å². The Morgan fingerprint density at radius 2 is 2.35 bits per heavy atom. The molecule has 1 aromatic carbocycles. The minimum atomic E-state index is -4.85. The summed E-state index contributed by atoms with van der Waals surface area (Å²) < 4.78 is 85.7. The lowest BCUT2D eigenvalue weighted by atomic mass is 9.99. The zero-order valence-electron chi connectivity index (χ0n) is 17.0. The molecule has 0 aromatic heterocycles. The van der Waals surface area contributed by atoms with Crippen LogP contribution in [0.4, 0.5) is 10.1 Å². The number of esters is 1. The van der Waals surface area contributed by atoms with Gasteiger partial charge in [-0.3, -0.25) is 4.72 Å². The third-order valence-corrected chi connectivity index (χ3v) is 4.64. The van der Waals surface area contributed by atoms with Gasteiger partial charge in [-0.15, -0.1) is 0 Å². The number of ether oxygens (including phenoxy) is 1. The largest absolute Gasteiger partial charge is 0.463 e. The summed E-state index contributed by atoms with van der Waals surface area (Å²) in [4.78, 5) is 12.3. The van der Waals surface area contributed by atoms with Crippen molar-refractivity contribution in [2.75, 3.05) is 11.3 Å². The highest BCUT2D eigenvalue weighted by molar-refractivity contribution is 7.93. The predicted octanol–water partition coefficient (Wildman–Crippen LogP) is 3.26. The van der Waals surface area contributed by atoms with E-state index in [-0.39, 0.29) is 17.3 Å². The number of anilines is 1. The van der Waals surface area contributed by atoms with Gasteiger partial charge < -0.3 is 4.74 Å². The van der Waals surface area contributed by atoms with E-state index in [1.807, 2.05) is 4.72 Å². The number of rotatable bonds is 5. The van der Waals surface area contributed by atoms with Crippen LogP contribution in [-0.4, -0.2) is 26.2 Å². The van der Waals surface area contributed by atoms with Crippen LogP contribution < -0.4 is 4.72 Å². The quantitative estimate of drug-likeness (QED) is 0.812. The van der Waals surface area contributed by atoms with Gasteiger partial charge in [0.25, 0.3) is 0 Å². The van der Waals surface area contributed by atoms with Crippen LogP contribution in [0.1, 0.15) is 32.9 Å². The molecule has 8 heteroatoms. The Kier molecular flexibility index (Phi) is 3.77. The van der Waals surface area contributed by atoms with Crippen molar-refractivity contribution in [2.24, 2.45) is 0 Å². The molecule has 0 radical (unpaired) electrons. The lowest BCUT2D eigenvalue weighted by Gasteiger charge is -2.24. The molecule has 0 saturated heterocycles. The highest BCUT2D eigenvalue weighted by Crippen LogP contribution is 2.30. The maximum atomic E-state index is 13.2. The normalized spacial score (nSPS) is 26.2. The van der Waals surface area contributed by atoms with Crippen LogP contribution in [0.15, 0.2) is 29.8 Å².